The van der Waals surface area contributed by atoms with E-state index >= 15 is 0 Å². The third kappa shape index (κ3) is 3.79. The molecule has 2 heterocycles. The number of likely N-dealkylation sites (N-methyl/N-ethyl adjacent to an activating group) is 1. The highest BCUT2D eigenvalue weighted by Gasteiger charge is 2.31. The van der Waals surface area contributed by atoms with Gasteiger partial charge in [-0.05, 0) is 31.5 Å². The van der Waals surface area contributed by atoms with E-state index in [-0.39, 0.29) is 12.0 Å². The minimum Gasteiger partial charge on any atom is -0.468 e. The molecule has 1 saturated heterocycles. The first-order valence-electron chi connectivity index (χ1n) is 6.63. The average Bonchev–Trinajstić information content (AvgIpc) is 3.08. The van der Waals surface area contributed by atoms with Gasteiger partial charge in [-0.3, -0.25) is 15.1 Å². The lowest BCUT2D eigenvalue weighted by Gasteiger charge is -2.23. The van der Waals surface area contributed by atoms with Crippen LogP contribution in [0.15, 0.2) is 22.8 Å². The van der Waals surface area contributed by atoms with Crippen molar-refractivity contribution in [1.82, 2.24) is 10.3 Å². The van der Waals surface area contributed by atoms with Crippen molar-refractivity contribution in [1.29, 1.82) is 0 Å². The van der Waals surface area contributed by atoms with Crippen LogP contribution >= 0.6 is 0 Å². The van der Waals surface area contributed by atoms with Crippen molar-refractivity contribution in [2.24, 2.45) is 5.84 Å². The van der Waals surface area contributed by atoms with Crippen molar-refractivity contribution in [3.63, 3.8) is 0 Å². The second-order valence-corrected chi connectivity index (χ2v) is 4.74. The van der Waals surface area contributed by atoms with E-state index in [0.717, 1.165) is 38.2 Å². The van der Waals surface area contributed by atoms with Crippen molar-refractivity contribution in [2.45, 2.75) is 38.5 Å². The summed E-state index contributed by atoms with van der Waals surface area (Å²) in [5.74, 6) is 5.81. The van der Waals surface area contributed by atoms with Crippen LogP contribution in [0.1, 0.15) is 25.5 Å². The van der Waals surface area contributed by atoms with Gasteiger partial charge in [0, 0.05) is 6.54 Å². The largest absolute Gasteiger partial charge is 0.468 e. The van der Waals surface area contributed by atoms with Crippen LogP contribution in [0.25, 0.3) is 0 Å². The minimum absolute atomic E-state index is 0.0808. The summed E-state index contributed by atoms with van der Waals surface area (Å²) in [6.07, 6.45) is 2.96. The Morgan fingerprint density at radius 1 is 1.58 bits per heavy atom. The minimum atomic E-state index is -0.405. The summed E-state index contributed by atoms with van der Waals surface area (Å²) >= 11 is 0. The topological polar surface area (TPSA) is 80.7 Å². The van der Waals surface area contributed by atoms with Crippen LogP contribution in [0, 0.1) is 0 Å². The van der Waals surface area contributed by atoms with Crippen LogP contribution < -0.4 is 11.3 Å². The van der Waals surface area contributed by atoms with E-state index in [1.54, 1.807) is 6.26 Å². The van der Waals surface area contributed by atoms with Gasteiger partial charge < -0.3 is 9.15 Å². The first-order chi connectivity index (χ1) is 9.22. The molecule has 2 atom stereocenters. The average molecular weight is 267 g/mol. The van der Waals surface area contributed by atoms with Gasteiger partial charge in [-0.15, -0.1) is 0 Å². The van der Waals surface area contributed by atoms with Gasteiger partial charge in [0.1, 0.15) is 11.9 Å². The lowest BCUT2D eigenvalue weighted by Crippen LogP contribution is -2.40. The van der Waals surface area contributed by atoms with Gasteiger partial charge in [-0.1, -0.05) is 6.92 Å². The fourth-order valence-electron chi connectivity index (χ4n) is 2.34. The molecule has 19 heavy (non-hydrogen) atoms. The van der Waals surface area contributed by atoms with E-state index in [1.165, 1.54) is 0 Å². The zero-order chi connectivity index (χ0) is 13.7. The quantitative estimate of drug-likeness (QED) is 0.449. The number of ether oxygens (including phenoxy) is 1. The maximum absolute atomic E-state index is 11.4. The van der Waals surface area contributed by atoms with Gasteiger partial charge >= 0.3 is 0 Å². The van der Waals surface area contributed by atoms with Crippen molar-refractivity contribution >= 4 is 5.91 Å². The fraction of sp³-hybridized carbons (Fsp3) is 0.615. The molecule has 6 nitrogen and oxygen atoms in total. The van der Waals surface area contributed by atoms with Gasteiger partial charge in [0.15, 0.2) is 0 Å². The molecule has 0 radical (unpaired) electrons. The number of amides is 1. The number of hydrogen-bond acceptors (Lipinski definition) is 5. The van der Waals surface area contributed by atoms with Crippen LogP contribution in [0.3, 0.4) is 0 Å². The predicted molar refractivity (Wildman–Crippen MR) is 69.9 cm³/mol. The van der Waals surface area contributed by atoms with Crippen LogP contribution in [0.4, 0.5) is 0 Å². The number of nitrogens with two attached hydrogens (primary N) is 1. The van der Waals surface area contributed by atoms with Crippen molar-refractivity contribution in [3.8, 4) is 0 Å². The summed E-state index contributed by atoms with van der Waals surface area (Å²) in [6.45, 7) is 4.57. The van der Waals surface area contributed by atoms with E-state index in [4.69, 9.17) is 15.0 Å². The first-order valence-corrected chi connectivity index (χ1v) is 6.63. The molecule has 1 aliphatic heterocycles. The molecule has 2 rings (SSSR count). The summed E-state index contributed by atoms with van der Waals surface area (Å²) in [7, 11) is 0. The third-order valence-corrected chi connectivity index (χ3v) is 3.41. The third-order valence-electron chi connectivity index (χ3n) is 3.41. The summed E-state index contributed by atoms with van der Waals surface area (Å²) in [6, 6.07) is 3.85. The molecule has 0 bridgehead atoms. The Labute approximate surface area is 112 Å². The summed E-state index contributed by atoms with van der Waals surface area (Å²) in [4.78, 5) is 13.6. The number of furan rings is 1. The van der Waals surface area contributed by atoms with Crippen molar-refractivity contribution in [3.05, 3.63) is 24.2 Å². The molecule has 1 aromatic rings. The summed E-state index contributed by atoms with van der Waals surface area (Å²) < 4.78 is 11.0. The summed E-state index contributed by atoms with van der Waals surface area (Å²) in [5, 5.41) is 0. The van der Waals surface area contributed by atoms with Gasteiger partial charge in [-0.2, -0.15) is 0 Å². The molecular weight excluding hydrogens is 246 g/mol. The Morgan fingerprint density at radius 2 is 2.42 bits per heavy atom. The van der Waals surface area contributed by atoms with Crippen LogP contribution in [0.5, 0.6) is 0 Å². The highest BCUT2D eigenvalue weighted by atomic mass is 16.5. The van der Waals surface area contributed by atoms with Crippen molar-refractivity contribution < 1.29 is 13.9 Å². The Hall–Kier alpha value is -1.37. The van der Waals surface area contributed by atoms with Crippen LogP contribution in [-0.2, 0) is 16.1 Å². The van der Waals surface area contributed by atoms with Gasteiger partial charge in [-0.25, -0.2) is 5.84 Å². The molecule has 1 aromatic heterocycles. The normalized spacial score (nSPS) is 22.9. The van der Waals surface area contributed by atoms with Gasteiger partial charge in [0.25, 0.3) is 5.91 Å². The molecule has 1 amide bonds. The smallest absolute Gasteiger partial charge is 0.263 e. The molecule has 0 saturated carbocycles. The van der Waals surface area contributed by atoms with Crippen molar-refractivity contribution in [2.75, 3.05) is 13.1 Å². The molecule has 0 spiro atoms. The lowest BCUT2D eigenvalue weighted by atomic mass is 10.2. The molecule has 3 N–H and O–H groups in total. The van der Waals surface area contributed by atoms with E-state index in [0.29, 0.717) is 0 Å². The monoisotopic (exact) mass is 267 g/mol. The van der Waals surface area contributed by atoms with Gasteiger partial charge in [0.05, 0.1) is 18.9 Å². The number of nitrogens with one attached hydrogen (secondary N) is 1. The number of rotatable bonds is 6. The van der Waals surface area contributed by atoms with E-state index in [1.807, 2.05) is 12.1 Å². The maximum Gasteiger partial charge on any atom is 0.263 e. The number of hydrazine groups is 1. The van der Waals surface area contributed by atoms with E-state index in [9.17, 15) is 4.79 Å². The zero-order valence-corrected chi connectivity index (χ0v) is 11.2. The second kappa shape index (κ2) is 6.70. The van der Waals surface area contributed by atoms with Gasteiger partial charge in [0.2, 0.25) is 0 Å². The SMILES string of the molecule is CCN(Cc1ccco1)CC1CCC(C(=O)NN)O1. The molecular formula is C13H21N3O3. The zero-order valence-electron chi connectivity index (χ0n) is 11.2. The Bertz CT molecular complexity index is 394. The lowest BCUT2D eigenvalue weighted by molar-refractivity contribution is -0.132. The van der Waals surface area contributed by atoms with E-state index in [2.05, 4.69) is 17.2 Å². The molecule has 0 aliphatic carbocycles. The molecule has 2 unspecified atom stereocenters. The molecule has 6 heteroatoms. The molecule has 1 fully saturated rings. The maximum atomic E-state index is 11.4. The first kappa shape index (κ1) is 14.0. The molecule has 0 aromatic carbocycles. The van der Waals surface area contributed by atoms with E-state index < -0.39 is 6.10 Å². The molecule has 1 aliphatic rings. The fourth-order valence-corrected chi connectivity index (χ4v) is 2.34. The Morgan fingerprint density at radius 3 is 3.05 bits per heavy atom. The molecule has 106 valence electrons. The van der Waals surface area contributed by atoms with Crippen LogP contribution in [-0.4, -0.2) is 36.1 Å². The highest BCUT2D eigenvalue weighted by Crippen LogP contribution is 2.21. The standard InChI is InChI=1S/C13H21N3O3/c1-2-16(8-10-4-3-7-18-10)9-11-5-6-12(19-11)13(17)15-14/h3-4,7,11-12H,2,5-6,8-9,14H2,1H3,(H,15,17). The number of hydrogen-bond donors (Lipinski definition) is 2. The number of carbonyl (C=O) groups is 1. The Kier molecular flexibility index (Phi) is 4.95. The number of nitrogens with zero attached hydrogens (tertiary/aromatic N) is 1. The predicted octanol–water partition coefficient (Wildman–Crippen LogP) is 0.639. The van der Waals surface area contributed by atoms with Crippen LogP contribution in [0.2, 0.25) is 0 Å². The highest BCUT2D eigenvalue weighted by molar-refractivity contribution is 5.80. The summed E-state index contributed by atoms with van der Waals surface area (Å²) in [5.41, 5.74) is 2.14. The second-order valence-electron chi connectivity index (χ2n) is 4.74. The Balaban J connectivity index is 1.81. The number of carbonyl (C=O) groups excluding carboxylic acids is 1.